The summed E-state index contributed by atoms with van der Waals surface area (Å²) in [4.78, 5) is 8.01. The number of nitrogens with zero attached hydrogens (tertiary/aromatic N) is 4. The van der Waals surface area contributed by atoms with Crippen molar-refractivity contribution < 1.29 is 0 Å². The number of anilines is 1. The van der Waals surface area contributed by atoms with Crippen molar-refractivity contribution in [2.45, 2.75) is 64.5 Å². The summed E-state index contributed by atoms with van der Waals surface area (Å²) in [5.74, 6) is 2.13. The zero-order chi connectivity index (χ0) is 18.8. The first-order valence-electron chi connectivity index (χ1n) is 10.1. The molecule has 0 radical (unpaired) electrons. The van der Waals surface area contributed by atoms with E-state index < -0.39 is 0 Å². The van der Waals surface area contributed by atoms with Gasteiger partial charge in [0.2, 0.25) is 0 Å². The maximum absolute atomic E-state index is 6.17. The third-order valence-electron chi connectivity index (χ3n) is 5.73. The summed E-state index contributed by atoms with van der Waals surface area (Å²) >= 11 is 0. The zero-order valence-corrected chi connectivity index (χ0v) is 16.0. The summed E-state index contributed by atoms with van der Waals surface area (Å²) in [7, 11) is 0. The van der Waals surface area contributed by atoms with Gasteiger partial charge >= 0.3 is 0 Å². The molecule has 1 saturated carbocycles. The molecule has 0 amide bonds. The van der Waals surface area contributed by atoms with E-state index in [1.807, 2.05) is 18.5 Å². The van der Waals surface area contributed by atoms with Gasteiger partial charge in [-0.3, -0.25) is 0 Å². The molecule has 3 aromatic heterocycles. The van der Waals surface area contributed by atoms with Crippen molar-refractivity contribution >= 4 is 16.9 Å². The molecule has 1 fully saturated rings. The largest absolute Gasteiger partial charge is 0.380 e. The Hall–Kier alpha value is -2.41. The Bertz CT molecular complexity index is 889. The van der Waals surface area contributed by atoms with Crippen LogP contribution in [0.25, 0.3) is 22.3 Å². The van der Waals surface area contributed by atoms with Gasteiger partial charge in [0, 0.05) is 37.0 Å². The Morgan fingerprint density at radius 2 is 2.04 bits per heavy atom. The predicted molar refractivity (Wildman–Crippen MR) is 108 cm³/mol. The molecule has 0 saturated heterocycles. The van der Waals surface area contributed by atoms with Gasteiger partial charge < -0.3 is 21.0 Å². The molecule has 7 nitrogen and oxygen atoms in total. The van der Waals surface area contributed by atoms with Crippen molar-refractivity contribution in [3.05, 3.63) is 24.3 Å². The van der Waals surface area contributed by atoms with Crippen molar-refractivity contribution in [3.8, 4) is 11.3 Å². The second kappa shape index (κ2) is 7.68. The van der Waals surface area contributed by atoms with E-state index in [9.17, 15) is 0 Å². The number of aromatic amines is 1. The lowest BCUT2D eigenvalue weighted by Crippen LogP contribution is -2.28. The van der Waals surface area contributed by atoms with Gasteiger partial charge in [0.05, 0.1) is 0 Å². The first-order valence-corrected chi connectivity index (χ1v) is 10.1. The molecule has 0 spiro atoms. The molecule has 144 valence electrons. The van der Waals surface area contributed by atoms with Crippen LogP contribution in [0.15, 0.2) is 18.5 Å². The van der Waals surface area contributed by atoms with Gasteiger partial charge in [0.25, 0.3) is 0 Å². The normalized spacial score (nSPS) is 20.4. The monoisotopic (exact) mass is 367 g/mol. The lowest BCUT2D eigenvalue weighted by atomic mass is 9.86. The van der Waals surface area contributed by atoms with Crippen molar-refractivity contribution in [1.29, 1.82) is 0 Å². The Balaban J connectivity index is 1.81. The second-order valence-corrected chi connectivity index (χ2v) is 7.75. The molecule has 1 aliphatic rings. The van der Waals surface area contributed by atoms with E-state index in [-0.39, 0.29) is 0 Å². The third-order valence-corrected chi connectivity index (χ3v) is 5.73. The number of hydrogen-bond donors (Lipinski definition) is 3. The third kappa shape index (κ3) is 3.56. The minimum absolute atomic E-state index is 0.359. The van der Waals surface area contributed by atoms with Crippen molar-refractivity contribution in [2.24, 2.45) is 11.7 Å². The molecular formula is C20H29N7. The minimum Gasteiger partial charge on any atom is -0.380 e. The number of unbranched alkanes of at least 4 members (excludes halogenated alkanes) is 1. The van der Waals surface area contributed by atoms with Crippen LogP contribution >= 0.6 is 0 Å². The van der Waals surface area contributed by atoms with Gasteiger partial charge in [0.1, 0.15) is 22.6 Å². The number of fused-ring (bicyclic) bond motifs is 1. The summed E-state index contributed by atoms with van der Waals surface area (Å²) in [5.41, 5.74) is 15.9. The molecule has 4 rings (SSSR count). The van der Waals surface area contributed by atoms with Gasteiger partial charge in [-0.1, -0.05) is 13.3 Å². The van der Waals surface area contributed by atoms with E-state index in [1.54, 1.807) is 0 Å². The lowest BCUT2D eigenvalue weighted by molar-refractivity contribution is 0.294. The molecule has 3 heterocycles. The van der Waals surface area contributed by atoms with Crippen LogP contribution in [0.2, 0.25) is 0 Å². The van der Waals surface area contributed by atoms with Gasteiger partial charge in [-0.25, -0.2) is 4.98 Å². The summed E-state index contributed by atoms with van der Waals surface area (Å²) in [6.07, 6.45) is 11.6. The van der Waals surface area contributed by atoms with Gasteiger partial charge in [-0.2, -0.15) is 0 Å². The maximum atomic E-state index is 6.17. The number of imidazole rings is 1. The van der Waals surface area contributed by atoms with Crippen LogP contribution < -0.4 is 11.5 Å². The fourth-order valence-corrected chi connectivity index (χ4v) is 4.13. The standard InChI is InChI=1S/C20H29N7/c1-2-3-4-16-24-18-19(27(16)12-13-5-7-15(21)8-6-13)17(25-26-20(18)22)14-9-10-23-11-14/h9-11,13,15,23H,2-8,12,21H2,1H3,(H2,22,26). The highest BCUT2D eigenvalue weighted by atomic mass is 15.2. The smallest absolute Gasteiger partial charge is 0.174 e. The SMILES string of the molecule is CCCCc1nc2c(N)nnc(-c3cc[nH]c3)c2n1CC1CCC(N)CC1. The number of aryl methyl sites for hydroxylation is 1. The number of nitrogens with two attached hydrogens (primary N) is 2. The number of aromatic nitrogens is 5. The highest BCUT2D eigenvalue weighted by Gasteiger charge is 2.24. The van der Waals surface area contributed by atoms with Crippen LogP contribution in [0.1, 0.15) is 51.3 Å². The Kier molecular flexibility index (Phi) is 5.11. The summed E-state index contributed by atoms with van der Waals surface area (Å²) in [6, 6.07) is 2.37. The summed E-state index contributed by atoms with van der Waals surface area (Å²) < 4.78 is 2.36. The maximum Gasteiger partial charge on any atom is 0.174 e. The fraction of sp³-hybridized carbons (Fsp3) is 0.550. The van der Waals surface area contributed by atoms with Gasteiger partial charge in [-0.05, 0) is 44.1 Å². The molecule has 1 aliphatic carbocycles. The second-order valence-electron chi connectivity index (χ2n) is 7.75. The van der Waals surface area contributed by atoms with E-state index in [4.69, 9.17) is 16.5 Å². The molecule has 0 bridgehead atoms. The van der Waals surface area contributed by atoms with Crippen LogP contribution in [0.3, 0.4) is 0 Å². The molecule has 5 N–H and O–H groups in total. The molecule has 0 unspecified atom stereocenters. The number of rotatable bonds is 6. The Morgan fingerprint density at radius 1 is 1.22 bits per heavy atom. The summed E-state index contributed by atoms with van der Waals surface area (Å²) in [5, 5.41) is 8.61. The van der Waals surface area contributed by atoms with E-state index in [2.05, 4.69) is 26.7 Å². The van der Waals surface area contributed by atoms with Crippen LogP contribution in [0, 0.1) is 5.92 Å². The lowest BCUT2D eigenvalue weighted by Gasteiger charge is -2.27. The van der Waals surface area contributed by atoms with Crippen LogP contribution in [-0.4, -0.2) is 30.8 Å². The minimum atomic E-state index is 0.359. The van der Waals surface area contributed by atoms with Gasteiger partial charge in [-0.15, -0.1) is 10.2 Å². The van der Waals surface area contributed by atoms with Gasteiger partial charge in [0.15, 0.2) is 5.82 Å². The molecule has 0 aromatic carbocycles. The topological polar surface area (TPSA) is 111 Å². The van der Waals surface area contributed by atoms with E-state index in [0.29, 0.717) is 17.8 Å². The van der Waals surface area contributed by atoms with Crippen LogP contribution in [0.4, 0.5) is 5.82 Å². The molecule has 27 heavy (non-hydrogen) atoms. The zero-order valence-electron chi connectivity index (χ0n) is 16.0. The number of nitrogens with one attached hydrogen (secondary N) is 1. The quantitative estimate of drug-likeness (QED) is 0.619. The van der Waals surface area contributed by atoms with Crippen LogP contribution in [0.5, 0.6) is 0 Å². The van der Waals surface area contributed by atoms with Crippen molar-refractivity contribution in [2.75, 3.05) is 5.73 Å². The first-order chi connectivity index (χ1) is 13.2. The average Bonchev–Trinajstić information content (AvgIpc) is 3.32. The first kappa shape index (κ1) is 18.0. The summed E-state index contributed by atoms with van der Waals surface area (Å²) in [6.45, 7) is 3.16. The van der Waals surface area contributed by atoms with E-state index in [1.165, 1.54) is 12.8 Å². The highest BCUT2D eigenvalue weighted by molar-refractivity contribution is 5.95. The molecular weight excluding hydrogens is 338 g/mol. The van der Waals surface area contributed by atoms with Crippen LogP contribution in [-0.2, 0) is 13.0 Å². The molecule has 0 atom stereocenters. The van der Waals surface area contributed by atoms with Crippen molar-refractivity contribution in [1.82, 2.24) is 24.7 Å². The Labute approximate surface area is 159 Å². The number of nitrogen functional groups attached to an aromatic ring is 1. The van der Waals surface area contributed by atoms with E-state index in [0.717, 1.165) is 66.8 Å². The highest BCUT2D eigenvalue weighted by Crippen LogP contribution is 2.33. The predicted octanol–water partition coefficient (Wildman–Crippen LogP) is 3.26. The molecule has 7 heteroatoms. The average molecular weight is 368 g/mol. The fourth-order valence-electron chi connectivity index (χ4n) is 4.13. The number of H-pyrrole nitrogens is 1. The molecule has 0 aliphatic heterocycles. The van der Waals surface area contributed by atoms with Crippen molar-refractivity contribution in [3.63, 3.8) is 0 Å². The Morgan fingerprint density at radius 3 is 2.74 bits per heavy atom. The van der Waals surface area contributed by atoms with E-state index >= 15 is 0 Å². The number of hydrogen-bond acceptors (Lipinski definition) is 5. The molecule has 3 aromatic rings.